The molecule has 1 heterocycles. The van der Waals surface area contributed by atoms with E-state index >= 15 is 0 Å². The highest BCUT2D eigenvalue weighted by Crippen LogP contribution is 2.21. The second-order valence-corrected chi connectivity index (χ2v) is 4.12. The van der Waals surface area contributed by atoms with Crippen molar-refractivity contribution >= 4 is 5.69 Å². The Labute approximate surface area is 108 Å². The topological polar surface area (TPSA) is 38.1 Å². The molecule has 0 atom stereocenters. The van der Waals surface area contributed by atoms with Crippen LogP contribution in [0.5, 0.6) is 0 Å². The number of nitrogens with zero attached hydrogens (tertiary/aromatic N) is 1. The number of anilines is 1. The minimum Gasteiger partial charge on any atom is -0.378 e. The highest BCUT2D eigenvalue weighted by molar-refractivity contribution is 5.46. The monoisotopic (exact) mass is 270 g/mol. The largest absolute Gasteiger partial charge is 0.378 e. The summed E-state index contributed by atoms with van der Waals surface area (Å²) in [4.78, 5) is 0. The number of aromatic nitrogens is 1. The number of benzene rings is 1. The lowest BCUT2D eigenvalue weighted by Crippen LogP contribution is -2.05. The summed E-state index contributed by atoms with van der Waals surface area (Å²) in [7, 11) is 0. The number of halogens is 3. The second kappa shape index (κ2) is 5.34. The fourth-order valence-corrected chi connectivity index (χ4v) is 1.78. The predicted molar refractivity (Wildman–Crippen MR) is 64.3 cm³/mol. The van der Waals surface area contributed by atoms with Crippen LogP contribution in [0.15, 0.2) is 16.7 Å². The van der Waals surface area contributed by atoms with Gasteiger partial charge in [-0.1, -0.05) is 12.1 Å². The first kappa shape index (κ1) is 13.5. The van der Waals surface area contributed by atoms with Crippen LogP contribution in [0.1, 0.15) is 23.9 Å². The SMILES string of the molecule is CCc1noc(C)c1CNc1cc(F)c(F)cc1F. The molecule has 0 unspecified atom stereocenters. The van der Waals surface area contributed by atoms with Crippen molar-refractivity contribution in [1.29, 1.82) is 0 Å². The molecule has 0 radical (unpaired) electrons. The molecule has 0 saturated heterocycles. The summed E-state index contributed by atoms with van der Waals surface area (Å²) in [6.07, 6.45) is 0.675. The van der Waals surface area contributed by atoms with Gasteiger partial charge in [0.15, 0.2) is 11.6 Å². The summed E-state index contributed by atoms with van der Waals surface area (Å²) in [6, 6.07) is 1.30. The maximum absolute atomic E-state index is 13.4. The van der Waals surface area contributed by atoms with Gasteiger partial charge < -0.3 is 9.84 Å². The second-order valence-electron chi connectivity index (χ2n) is 4.12. The van der Waals surface area contributed by atoms with E-state index in [9.17, 15) is 13.2 Å². The van der Waals surface area contributed by atoms with Crippen molar-refractivity contribution in [3.8, 4) is 0 Å². The first-order valence-electron chi connectivity index (χ1n) is 5.85. The Hall–Kier alpha value is -1.98. The zero-order chi connectivity index (χ0) is 14.0. The van der Waals surface area contributed by atoms with Gasteiger partial charge in [-0.25, -0.2) is 13.2 Å². The minimum atomic E-state index is -1.21. The van der Waals surface area contributed by atoms with Crippen molar-refractivity contribution in [2.45, 2.75) is 26.8 Å². The van der Waals surface area contributed by atoms with Crippen molar-refractivity contribution in [2.24, 2.45) is 0 Å². The van der Waals surface area contributed by atoms with Crippen molar-refractivity contribution in [1.82, 2.24) is 5.16 Å². The van der Waals surface area contributed by atoms with Crippen LogP contribution < -0.4 is 5.32 Å². The zero-order valence-electron chi connectivity index (χ0n) is 10.6. The molecule has 1 N–H and O–H groups in total. The molecule has 6 heteroatoms. The number of aryl methyl sites for hydroxylation is 2. The Morgan fingerprint density at radius 1 is 1.16 bits per heavy atom. The standard InChI is InChI=1S/C13H13F3N2O/c1-3-12-8(7(2)19-18-12)6-17-13-5-10(15)9(14)4-11(13)16/h4-5,17H,3,6H2,1-2H3. The average molecular weight is 270 g/mol. The molecule has 0 spiro atoms. The summed E-state index contributed by atoms with van der Waals surface area (Å²) in [5, 5.41) is 6.58. The Morgan fingerprint density at radius 3 is 2.53 bits per heavy atom. The predicted octanol–water partition coefficient (Wildman–Crippen LogP) is 3.57. The molecule has 0 bridgehead atoms. The van der Waals surface area contributed by atoms with Crippen LogP contribution in [0.25, 0.3) is 0 Å². The smallest absolute Gasteiger partial charge is 0.161 e. The zero-order valence-corrected chi connectivity index (χ0v) is 10.6. The summed E-state index contributed by atoms with van der Waals surface area (Å²) in [5.74, 6) is -2.53. The van der Waals surface area contributed by atoms with E-state index < -0.39 is 17.5 Å². The Bertz CT molecular complexity index is 596. The highest BCUT2D eigenvalue weighted by atomic mass is 19.2. The molecule has 0 fully saturated rings. The highest BCUT2D eigenvalue weighted by Gasteiger charge is 2.13. The Morgan fingerprint density at radius 2 is 1.84 bits per heavy atom. The van der Waals surface area contributed by atoms with Crippen molar-refractivity contribution in [2.75, 3.05) is 5.32 Å². The lowest BCUT2D eigenvalue weighted by molar-refractivity contribution is 0.390. The quantitative estimate of drug-likeness (QED) is 0.863. The van der Waals surface area contributed by atoms with Gasteiger partial charge in [-0.2, -0.15) is 0 Å². The van der Waals surface area contributed by atoms with Crippen molar-refractivity contribution in [3.05, 3.63) is 46.6 Å². The molecule has 3 nitrogen and oxygen atoms in total. The van der Waals surface area contributed by atoms with E-state index in [0.717, 1.165) is 17.3 Å². The van der Waals surface area contributed by atoms with Crippen LogP contribution in [-0.4, -0.2) is 5.16 Å². The molecule has 1 aromatic heterocycles. The molecule has 1 aromatic carbocycles. The number of hydrogen-bond donors (Lipinski definition) is 1. The average Bonchev–Trinajstić information content (AvgIpc) is 2.73. The maximum atomic E-state index is 13.4. The van der Waals surface area contributed by atoms with E-state index in [-0.39, 0.29) is 12.2 Å². The van der Waals surface area contributed by atoms with Crippen LogP contribution in [-0.2, 0) is 13.0 Å². The fourth-order valence-electron chi connectivity index (χ4n) is 1.78. The van der Waals surface area contributed by atoms with Crippen LogP contribution in [0, 0.1) is 24.4 Å². The molecule has 0 aliphatic rings. The van der Waals surface area contributed by atoms with Gasteiger partial charge in [0.1, 0.15) is 11.6 Å². The van der Waals surface area contributed by atoms with Gasteiger partial charge in [0.05, 0.1) is 11.4 Å². The van der Waals surface area contributed by atoms with E-state index in [0.29, 0.717) is 18.2 Å². The third-order valence-corrected chi connectivity index (χ3v) is 2.87. The first-order valence-corrected chi connectivity index (χ1v) is 5.85. The van der Waals surface area contributed by atoms with Crippen LogP contribution in [0.4, 0.5) is 18.9 Å². The fraction of sp³-hybridized carbons (Fsp3) is 0.308. The lowest BCUT2D eigenvalue weighted by Gasteiger charge is -2.08. The number of rotatable bonds is 4. The van der Waals surface area contributed by atoms with Gasteiger partial charge in [0.2, 0.25) is 0 Å². The van der Waals surface area contributed by atoms with E-state index in [2.05, 4.69) is 10.5 Å². The van der Waals surface area contributed by atoms with E-state index in [1.807, 2.05) is 6.92 Å². The van der Waals surface area contributed by atoms with Gasteiger partial charge in [0.25, 0.3) is 0 Å². The third-order valence-electron chi connectivity index (χ3n) is 2.87. The molecule has 2 rings (SSSR count). The van der Waals surface area contributed by atoms with Crippen LogP contribution >= 0.6 is 0 Å². The van der Waals surface area contributed by atoms with Crippen LogP contribution in [0.3, 0.4) is 0 Å². The van der Waals surface area contributed by atoms with Gasteiger partial charge in [-0.15, -0.1) is 0 Å². The molecule has 0 amide bonds. The maximum Gasteiger partial charge on any atom is 0.161 e. The summed E-state index contributed by atoms with van der Waals surface area (Å²) < 4.78 is 44.3. The molecule has 0 aliphatic carbocycles. The van der Waals surface area contributed by atoms with Gasteiger partial charge in [-0.05, 0) is 13.3 Å². The van der Waals surface area contributed by atoms with E-state index in [1.165, 1.54) is 0 Å². The summed E-state index contributed by atoms with van der Waals surface area (Å²) >= 11 is 0. The lowest BCUT2D eigenvalue weighted by atomic mass is 10.1. The van der Waals surface area contributed by atoms with Gasteiger partial charge in [-0.3, -0.25) is 0 Å². The van der Waals surface area contributed by atoms with Gasteiger partial charge in [0, 0.05) is 24.2 Å². The Balaban J connectivity index is 2.19. The molecule has 2 aromatic rings. The molecule has 0 saturated carbocycles. The van der Waals surface area contributed by atoms with E-state index in [4.69, 9.17) is 4.52 Å². The Kier molecular flexibility index (Phi) is 3.78. The van der Waals surface area contributed by atoms with Crippen molar-refractivity contribution in [3.63, 3.8) is 0 Å². The molecular weight excluding hydrogens is 257 g/mol. The minimum absolute atomic E-state index is 0.0958. The van der Waals surface area contributed by atoms with Gasteiger partial charge >= 0.3 is 0 Å². The molecule has 102 valence electrons. The molecule has 19 heavy (non-hydrogen) atoms. The summed E-state index contributed by atoms with van der Waals surface area (Å²) in [6.45, 7) is 3.89. The van der Waals surface area contributed by atoms with E-state index in [1.54, 1.807) is 6.92 Å². The number of hydrogen-bond acceptors (Lipinski definition) is 3. The first-order chi connectivity index (χ1) is 9.02. The van der Waals surface area contributed by atoms with Crippen LogP contribution in [0.2, 0.25) is 0 Å². The molecule has 0 aliphatic heterocycles. The molecular formula is C13H13F3N2O. The summed E-state index contributed by atoms with van der Waals surface area (Å²) in [5.41, 5.74) is 1.46. The van der Waals surface area contributed by atoms with Crippen molar-refractivity contribution < 1.29 is 17.7 Å². The number of nitrogens with one attached hydrogen (secondary N) is 1. The third kappa shape index (κ3) is 2.72. The normalized spacial score (nSPS) is 10.8.